The Balaban J connectivity index is 2.02. The summed E-state index contributed by atoms with van der Waals surface area (Å²) in [4.78, 5) is 4.55. The fourth-order valence-corrected chi connectivity index (χ4v) is 2.65. The van der Waals surface area contributed by atoms with Crippen LogP contribution < -0.4 is 5.32 Å². The Morgan fingerprint density at radius 1 is 1.44 bits per heavy atom. The lowest BCUT2D eigenvalue weighted by molar-refractivity contribution is 0.109. The quantitative estimate of drug-likeness (QED) is 0.654. The Labute approximate surface area is 115 Å². The summed E-state index contributed by atoms with van der Waals surface area (Å²) in [6, 6.07) is 0.519. The Bertz CT molecular complexity index is 247. The molecule has 0 saturated carbocycles. The SMILES string of the molecule is COCCC1CSC(=NCCCOCC(C)C)N1. The number of hydrogen-bond donors (Lipinski definition) is 1. The number of amidine groups is 1. The summed E-state index contributed by atoms with van der Waals surface area (Å²) in [7, 11) is 1.74. The third-order valence-corrected chi connectivity index (χ3v) is 3.66. The van der Waals surface area contributed by atoms with Crippen molar-refractivity contribution in [2.75, 3.05) is 39.2 Å². The number of aliphatic imine (C=N–C) groups is 1. The Hall–Kier alpha value is -0.260. The lowest BCUT2D eigenvalue weighted by Crippen LogP contribution is -2.28. The van der Waals surface area contributed by atoms with Crippen LogP contribution in [0.4, 0.5) is 0 Å². The number of nitrogens with one attached hydrogen (secondary N) is 1. The van der Waals surface area contributed by atoms with Crippen molar-refractivity contribution in [3.63, 3.8) is 0 Å². The molecule has 0 bridgehead atoms. The number of methoxy groups -OCH3 is 1. The molecule has 0 spiro atoms. The van der Waals surface area contributed by atoms with E-state index < -0.39 is 0 Å². The summed E-state index contributed by atoms with van der Waals surface area (Å²) in [6.07, 6.45) is 2.06. The summed E-state index contributed by atoms with van der Waals surface area (Å²) < 4.78 is 10.6. The van der Waals surface area contributed by atoms with E-state index in [-0.39, 0.29) is 0 Å². The molecule has 4 nitrogen and oxygen atoms in total. The molecule has 1 fully saturated rings. The molecule has 1 saturated heterocycles. The zero-order valence-corrected chi connectivity index (χ0v) is 12.6. The highest BCUT2D eigenvalue weighted by molar-refractivity contribution is 8.14. The van der Waals surface area contributed by atoms with Crippen LogP contribution in [0.5, 0.6) is 0 Å². The van der Waals surface area contributed by atoms with Gasteiger partial charge in [-0.25, -0.2) is 0 Å². The summed E-state index contributed by atoms with van der Waals surface area (Å²) in [6.45, 7) is 7.66. The zero-order valence-electron chi connectivity index (χ0n) is 11.8. The monoisotopic (exact) mass is 274 g/mol. The molecule has 1 N–H and O–H groups in total. The van der Waals surface area contributed by atoms with Crippen molar-refractivity contribution in [1.29, 1.82) is 0 Å². The fraction of sp³-hybridized carbons (Fsp3) is 0.923. The minimum absolute atomic E-state index is 0.519. The first-order valence-corrected chi connectivity index (χ1v) is 7.71. The molecule has 1 aliphatic heterocycles. The topological polar surface area (TPSA) is 42.9 Å². The maximum absolute atomic E-state index is 5.52. The summed E-state index contributed by atoms with van der Waals surface area (Å²) in [5.41, 5.74) is 0. The first kappa shape index (κ1) is 15.8. The van der Waals surface area contributed by atoms with Crippen LogP contribution in [0.25, 0.3) is 0 Å². The number of hydrogen-bond acceptors (Lipinski definition) is 4. The van der Waals surface area contributed by atoms with Gasteiger partial charge in [0.05, 0.1) is 0 Å². The highest BCUT2D eigenvalue weighted by atomic mass is 32.2. The predicted molar refractivity (Wildman–Crippen MR) is 78.5 cm³/mol. The van der Waals surface area contributed by atoms with Crippen molar-refractivity contribution < 1.29 is 9.47 Å². The van der Waals surface area contributed by atoms with Gasteiger partial charge in [0.2, 0.25) is 0 Å². The molecule has 106 valence electrons. The minimum atomic E-state index is 0.519. The van der Waals surface area contributed by atoms with E-state index >= 15 is 0 Å². The fourth-order valence-electron chi connectivity index (χ4n) is 1.61. The van der Waals surface area contributed by atoms with E-state index in [2.05, 4.69) is 24.2 Å². The van der Waals surface area contributed by atoms with Crippen molar-refractivity contribution in [2.45, 2.75) is 32.7 Å². The molecular formula is C13H26N2O2S. The van der Waals surface area contributed by atoms with Gasteiger partial charge in [-0.3, -0.25) is 4.99 Å². The normalized spacial score (nSPS) is 21.8. The lowest BCUT2D eigenvalue weighted by atomic mass is 10.2. The largest absolute Gasteiger partial charge is 0.385 e. The van der Waals surface area contributed by atoms with Gasteiger partial charge in [0.25, 0.3) is 0 Å². The molecule has 0 aromatic rings. The van der Waals surface area contributed by atoms with E-state index in [9.17, 15) is 0 Å². The van der Waals surface area contributed by atoms with E-state index in [4.69, 9.17) is 9.47 Å². The van der Waals surface area contributed by atoms with Crippen LogP contribution in [-0.2, 0) is 9.47 Å². The molecule has 1 unspecified atom stereocenters. The minimum Gasteiger partial charge on any atom is -0.385 e. The van der Waals surface area contributed by atoms with Gasteiger partial charge < -0.3 is 14.8 Å². The summed E-state index contributed by atoms with van der Waals surface area (Å²) in [5, 5.41) is 4.51. The van der Waals surface area contributed by atoms with Crippen LogP contribution in [0.2, 0.25) is 0 Å². The van der Waals surface area contributed by atoms with E-state index in [0.717, 1.165) is 50.1 Å². The average molecular weight is 274 g/mol. The van der Waals surface area contributed by atoms with Crippen LogP contribution in [-0.4, -0.2) is 50.4 Å². The van der Waals surface area contributed by atoms with Crippen molar-refractivity contribution in [3.05, 3.63) is 0 Å². The number of ether oxygens (including phenoxy) is 2. The first-order chi connectivity index (χ1) is 8.72. The van der Waals surface area contributed by atoms with Crippen molar-refractivity contribution in [2.24, 2.45) is 10.9 Å². The molecule has 0 aromatic carbocycles. The molecule has 0 aliphatic carbocycles. The Morgan fingerprint density at radius 2 is 2.28 bits per heavy atom. The molecule has 18 heavy (non-hydrogen) atoms. The van der Waals surface area contributed by atoms with Gasteiger partial charge in [-0.05, 0) is 18.8 Å². The standard InChI is InChI=1S/C13H26N2O2S/c1-11(2)9-17-7-4-6-14-13-15-12(10-18-13)5-8-16-3/h11-12H,4-10H2,1-3H3,(H,14,15). The maximum Gasteiger partial charge on any atom is 0.156 e. The van der Waals surface area contributed by atoms with E-state index in [0.29, 0.717) is 12.0 Å². The second-order valence-electron chi connectivity index (χ2n) is 4.94. The highest BCUT2D eigenvalue weighted by Gasteiger charge is 2.19. The van der Waals surface area contributed by atoms with Crippen LogP contribution in [0, 0.1) is 5.92 Å². The van der Waals surface area contributed by atoms with Crippen molar-refractivity contribution >= 4 is 16.9 Å². The molecule has 1 atom stereocenters. The molecule has 0 radical (unpaired) electrons. The first-order valence-electron chi connectivity index (χ1n) is 6.73. The molecule has 0 aromatic heterocycles. The van der Waals surface area contributed by atoms with Crippen LogP contribution in [0.1, 0.15) is 26.7 Å². The van der Waals surface area contributed by atoms with Crippen molar-refractivity contribution in [1.82, 2.24) is 5.32 Å². The smallest absolute Gasteiger partial charge is 0.156 e. The number of rotatable bonds is 9. The predicted octanol–water partition coefficient (Wildman–Crippen LogP) is 2.15. The van der Waals surface area contributed by atoms with Crippen LogP contribution in [0.15, 0.2) is 4.99 Å². The second-order valence-corrected chi connectivity index (χ2v) is 5.95. The Morgan fingerprint density at radius 3 is 3.00 bits per heavy atom. The highest BCUT2D eigenvalue weighted by Crippen LogP contribution is 2.15. The molecule has 5 heteroatoms. The van der Waals surface area contributed by atoms with Gasteiger partial charge >= 0.3 is 0 Å². The Kier molecular flexibility index (Phi) is 8.46. The maximum atomic E-state index is 5.52. The summed E-state index contributed by atoms with van der Waals surface area (Å²) >= 11 is 1.81. The van der Waals surface area contributed by atoms with Crippen LogP contribution in [0.3, 0.4) is 0 Å². The second kappa shape index (κ2) is 9.64. The van der Waals surface area contributed by atoms with Gasteiger partial charge in [0.1, 0.15) is 0 Å². The third kappa shape index (κ3) is 7.24. The molecule has 1 rings (SSSR count). The molecule has 0 amide bonds. The zero-order chi connectivity index (χ0) is 13.2. The lowest BCUT2D eigenvalue weighted by Gasteiger charge is -2.08. The van der Waals surface area contributed by atoms with Gasteiger partial charge in [0, 0.05) is 45.3 Å². The number of nitrogens with zero attached hydrogens (tertiary/aromatic N) is 1. The summed E-state index contributed by atoms with van der Waals surface area (Å²) in [5.74, 6) is 1.72. The molecular weight excluding hydrogens is 248 g/mol. The molecule has 1 aliphatic rings. The average Bonchev–Trinajstić information content (AvgIpc) is 2.78. The van der Waals surface area contributed by atoms with E-state index in [1.54, 1.807) is 7.11 Å². The van der Waals surface area contributed by atoms with Crippen molar-refractivity contribution in [3.8, 4) is 0 Å². The number of thioether (sulfide) groups is 1. The third-order valence-electron chi connectivity index (χ3n) is 2.57. The van der Waals surface area contributed by atoms with E-state index in [1.165, 1.54) is 0 Å². The van der Waals surface area contributed by atoms with Crippen LogP contribution >= 0.6 is 11.8 Å². The van der Waals surface area contributed by atoms with Gasteiger partial charge in [-0.15, -0.1) is 0 Å². The van der Waals surface area contributed by atoms with E-state index in [1.807, 2.05) is 11.8 Å². The van der Waals surface area contributed by atoms with Gasteiger partial charge in [0.15, 0.2) is 5.17 Å². The van der Waals surface area contributed by atoms with Gasteiger partial charge in [-0.2, -0.15) is 0 Å². The molecule has 1 heterocycles. The van der Waals surface area contributed by atoms with Gasteiger partial charge in [-0.1, -0.05) is 25.6 Å².